The molecule has 0 bridgehead atoms. The Morgan fingerprint density at radius 3 is 2.71 bits per heavy atom. The number of nitrogens with zero attached hydrogens (tertiary/aromatic N) is 1. The molecule has 3 rings (SSSR count). The average molecular weight is 346 g/mol. The lowest BCUT2D eigenvalue weighted by molar-refractivity contribution is -0.384. The SMILES string of the molecule is O=C(Nc1ccc([N+](=O)[O-])cc1OC1CCCCC1)c1cccs1. The Morgan fingerprint density at radius 1 is 1.25 bits per heavy atom. The normalized spacial score (nSPS) is 15.0. The number of hydrogen-bond donors (Lipinski definition) is 1. The van der Waals surface area contributed by atoms with Crippen molar-refractivity contribution in [1.82, 2.24) is 0 Å². The molecule has 126 valence electrons. The lowest BCUT2D eigenvalue weighted by Gasteiger charge is -2.24. The fourth-order valence-corrected chi connectivity index (χ4v) is 3.40. The third kappa shape index (κ3) is 3.91. The van der Waals surface area contributed by atoms with Crippen molar-refractivity contribution in [2.75, 3.05) is 5.32 Å². The van der Waals surface area contributed by atoms with Crippen molar-refractivity contribution in [3.05, 3.63) is 50.7 Å². The van der Waals surface area contributed by atoms with Crippen LogP contribution in [0.25, 0.3) is 0 Å². The van der Waals surface area contributed by atoms with Gasteiger partial charge in [0.25, 0.3) is 11.6 Å². The first-order valence-electron chi connectivity index (χ1n) is 7.93. The van der Waals surface area contributed by atoms with E-state index in [1.807, 2.05) is 5.38 Å². The molecule has 0 atom stereocenters. The van der Waals surface area contributed by atoms with Crippen LogP contribution in [0.1, 0.15) is 41.8 Å². The minimum absolute atomic E-state index is 0.0399. The lowest BCUT2D eigenvalue weighted by Crippen LogP contribution is -2.21. The molecule has 0 saturated heterocycles. The topological polar surface area (TPSA) is 81.5 Å². The summed E-state index contributed by atoms with van der Waals surface area (Å²) in [4.78, 5) is 23.4. The highest BCUT2D eigenvalue weighted by molar-refractivity contribution is 7.12. The molecular formula is C17H18N2O4S. The molecule has 1 aromatic heterocycles. The molecule has 6 nitrogen and oxygen atoms in total. The van der Waals surface area contributed by atoms with Gasteiger partial charge < -0.3 is 10.1 Å². The number of carbonyl (C=O) groups is 1. The standard InChI is InChI=1S/C17H18N2O4S/c20-17(16-7-4-10-24-16)18-14-9-8-12(19(21)22)11-15(14)23-13-5-2-1-3-6-13/h4,7-11,13H,1-3,5-6H2,(H,18,20). The van der Waals surface area contributed by atoms with Crippen molar-refractivity contribution in [2.45, 2.75) is 38.2 Å². The molecule has 0 unspecified atom stereocenters. The number of nitro benzene ring substituents is 1. The van der Waals surface area contributed by atoms with Crippen LogP contribution in [0.15, 0.2) is 35.7 Å². The van der Waals surface area contributed by atoms with Gasteiger partial charge in [0.05, 0.1) is 27.7 Å². The van der Waals surface area contributed by atoms with Gasteiger partial charge in [-0.2, -0.15) is 0 Å². The van der Waals surface area contributed by atoms with Crippen LogP contribution in [-0.2, 0) is 0 Å². The van der Waals surface area contributed by atoms with Crippen LogP contribution in [0.4, 0.5) is 11.4 Å². The van der Waals surface area contributed by atoms with Gasteiger partial charge in [-0.1, -0.05) is 12.5 Å². The minimum Gasteiger partial charge on any atom is -0.488 e. The summed E-state index contributed by atoms with van der Waals surface area (Å²) in [6, 6.07) is 7.82. The predicted octanol–water partition coefficient (Wildman–Crippen LogP) is 4.62. The zero-order chi connectivity index (χ0) is 16.9. The number of nitrogens with one attached hydrogen (secondary N) is 1. The van der Waals surface area contributed by atoms with Gasteiger partial charge in [-0.05, 0) is 43.2 Å². The molecule has 1 saturated carbocycles. The number of nitro groups is 1. The third-order valence-electron chi connectivity index (χ3n) is 4.02. The largest absolute Gasteiger partial charge is 0.488 e. The smallest absolute Gasteiger partial charge is 0.273 e. The first-order valence-corrected chi connectivity index (χ1v) is 8.81. The Balaban J connectivity index is 1.83. The molecule has 1 fully saturated rings. The molecule has 24 heavy (non-hydrogen) atoms. The maximum atomic E-state index is 12.2. The number of hydrogen-bond acceptors (Lipinski definition) is 5. The summed E-state index contributed by atoms with van der Waals surface area (Å²) >= 11 is 1.34. The maximum Gasteiger partial charge on any atom is 0.273 e. The number of rotatable bonds is 5. The highest BCUT2D eigenvalue weighted by Crippen LogP contribution is 2.33. The van der Waals surface area contributed by atoms with Crippen LogP contribution in [0, 0.1) is 10.1 Å². The van der Waals surface area contributed by atoms with E-state index in [9.17, 15) is 14.9 Å². The summed E-state index contributed by atoms with van der Waals surface area (Å²) in [6.45, 7) is 0. The predicted molar refractivity (Wildman–Crippen MR) is 92.9 cm³/mol. The van der Waals surface area contributed by atoms with Gasteiger partial charge in [0, 0.05) is 6.07 Å². The molecule has 1 aliphatic rings. The first kappa shape index (κ1) is 16.4. The first-order chi connectivity index (χ1) is 11.6. The highest BCUT2D eigenvalue weighted by Gasteiger charge is 2.20. The fourth-order valence-electron chi connectivity index (χ4n) is 2.78. The van der Waals surface area contributed by atoms with E-state index in [4.69, 9.17) is 4.74 Å². The number of thiophene rings is 1. The zero-order valence-electron chi connectivity index (χ0n) is 13.1. The van der Waals surface area contributed by atoms with E-state index in [0.29, 0.717) is 16.3 Å². The molecule has 1 heterocycles. The van der Waals surface area contributed by atoms with Crippen LogP contribution in [0.3, 0.4) is 0 Å². The molecule has 0 radical (unpaired) electrons. The monoisotopic (exact) mass is 346 g/mol. The summed E-state index contributed by atoms with van der Waals surface area (Å²) in [5.74, 6) is 0.119. The van der Waals surface area contributed by atoms with E-state index >= 15 is 0 Å². The second-order valence-corrected chi connectivity index (χ2v) is 6.69. The molecule has 0 aliphatic heterocycles. The quantitative estimate of drug-likeness (QED) is 0.632. The molecular weight excluding hydrogens is 328 g/mol. The Hall–Kier alpha value is -2.41. The van der Waals surface area contributed by atoms with Crippen molar-refractivity contribution >= 4 is 28.6 Å². The number of carbonyl (C=O) groups excluding carboxylic acids is 1. The summed E-state index contributed by atoms with van der Waals surface area (Å²) in [6.07, 6.45) is 5.28. The fraction of sp³-hybridized carbons (Fsp3) is 0.353. The number of anilines is 1. The van der Waals surface area contributed by atoms with Crippen molar-refractivity contribution in [3.8, 4) is 5.75 Å². The van der Waals surface area contributed by atoms with E-state index in [0.717, 1.165) is 25.7 Å². The van der Waals surface area contributed by atoms with Crippen molar-refractivity contribution in [3.63, 3.8) is 0 Å². The third-order valence-corrected chi connectivity index (χ3v) is 4.88. The summed E-state index contributed by atoms with van der Waals surface area (Å²) in [5, 5.41) is 15.6. The van der Waals surface area contributed by atoms with Crippen LogP contribution >= 0.6 is 11.3 Å². The van der Waals surface area contributed by atoms with Gasteiger partial charge in [-0.25, -0.2) is 0 Å². The van der Waals surface area contributed by atoms with Gasteiger partial charge >= 0.3 is 0 Å². The number of amides is 1. The molecule has 1 aromatic carbocycles. The molecule has 1 amide bonds. The van der Waals surface area contributed by atoms with E-state index in [1.165, 1.54) is 36.0 Å². The lowest BCUT2D eigenvalue weighted by atomic mass is 9.98. The molecule has 2 aromatic rings. The number of benzene rings is 1. The van der Waals surface area contributed by atoms with Gasteiger partial charge in [0.2, 0.25) is 0 Å². The summed E-state index contributed by atoms with van der Waals surface area (Å²) < 4.78 is 5.98. The Kier molecular flexibility index (Phi) is 5.10. The molecule has 7 heteroatoms. The zero-order valence-corrected chi connectivity index (χ0v) is 13.9. The molecule has 1 aliphatic carbocycles. The van der Waals surface area contributed by atoms with E-state index in [2.05, 4.69) is 5.32 Å². The molecule has 0 spiro atoms. The van der Waals surface area contributed by atoms with Gasteiger partial charge in [-0.3, -0.25) is 14.9 Å². The van der Waals surface area contributed by atoms with Crippen LogP contribution < -0.4 is 10.1 Å². The minimum atomic E-state index is -0.460. The maximum absolute atomic E-state index is 12.2. The average Bonchev–Trinajstić information content (AvgIpc) is 3.12. The van der Waals surface area contributed by atoms with Crippen molar-refractivity contribution in [2.24, 2.45) is 0 Å². The van der Waals surface area contributed by atoms with Gasteiger partial charge in [0.15, 0.2) is 0 Å². The van der Waals surface area contributed by atoms with Gasteiger partial charge in [-0.15, -0.1) is 11.3 Å². The van der Waals surface area contributed by atoms with E-state index in [-0.39, 0.29) is 17.7 Å². The van der Waals surface area contributed by atoms with Gasteiger partial charge in [0.1, 0.15) is 5.75 Å². The Bertz CT molecular complexity index is 724. The molecule has 1 N–H and O–H groups in total. The van der Waals surface area contributed by atoms with E-state index in [1.54, 1.807) is 12.1 Å². The highest BCUT2D eigenvalue weighted by atomic mass is 32.1. The number of non-ortho nitro benzene ring substituents is 1. The van der Waals surface area contributed by atoms with Crippen molar-refractivity contribution in [1.29, 1.82) is 0 Å². The van der Waals surface area contributed by atoms with Crippen molar-refractivity contribution < 1.29 is 14.5 Å². The second kappa shape index (κ2) is 7.44. The summed E-state index contributed by atoms with van der Waals surface area (Å²) in [7, 11) is 0. The van der Waals surface area contributed by atoms with E-state index < -0.39 is 4.92 Å². The van der Waals surface area contributed by atoms with Crippen LogP contribution in [-0.4, -0.2) is 16.9 Å². The Morgan fingerprint density at radius 2 is 2.04 bits per heavy atom. The Labute approximate surface area is 143 Å². The summed E-state index contributed by atoms with van der Waals surface area (Å²) in [5.41, 5.74) is 0.416. The second-order valence-electron chi connectivity index (χ2n) is 5.75. The van der Waals surface area contributed by atoms with Crippen LogP contribution in [0.2, 0.25) is 0 Å². The number of ether oxygens (including phenoxy) is 1. The van der Waals surface area contributed by atoms with Crippen LogP contribution in [0.5, 0.6) is 5.75 Å².